The first-order chi connectivity index (χ1) is 7.05. The smallest absolute Gasteiger partial charge is 0.252 e. The number of ether oxygens (including phenoxy) is 1. The molecule has 0 unspecified atom stereocenters. The number of nitrogens with two attached hydrogens (primary N) is 1. The van der Waals surface area contributed by atoms with Crippen LogP contribution in [0, 0.1) is 5.92 Å². The maximum atomic E-state index is 5.83. The van der Waals surface area contributed by atoms with E-state index in [2.05, 4.69) is 10.1 Å². The van der Waals surface area contributed by atoms with Crippen LogP contribution in [0.25, 0.3) is 0 Å². The normalized spacial score (nSPS) is 17.0. The van der Waals surface area contributed by atoms with E-state index < -0.39 is 5.54 Å². The first kappa shape index (κ1) is 10.6. The van der Waals surface area contributed by atoms with Gasteiger partial charge in [0.1, 0.15) is 6.61 Å². The molecule has 5 heteroatoms. The minimum Gasteiger partial charge on any atom is -0.371 e. The number of hydrogen-bond acceptors (Lipinski definition) is 5. The highest BCUT2D eigenvalue weighted by atomic mass is 16.5. The van der Waals surface area contributed by atoms with Crippen LogP contribution in [0.2, 0.25) is 0 Å². The Morgan fingerprint density at radius 3 is 2.80 bits per heavy atom. The van der Waals surface area contributed by atoms with Crippen LogP contribution in [-0.2, 0) is 16.9 Å². The van der Waals surface area contributed by atoms with Crippen molar-refractivity contribution in [1.82, 2.24) is 10.1 Å². The summed E-state index contributed by atoms with van der Waals surface area (Å²) in [7, 11) is 0. The Bertz CT molecular complexity index is 326. The van der Waals surface area contributed by atoms with Crippen LogP contribution in [-0.4, -0.2) is 16.7 Å². The van der Waals surface area contributed by atoms with Gasteiger partial charge < -0.3 is 15.0 Å². The predicted molar refractivity (Wildman–Crippen MR) is 53.9 cm³/mol. The van der Waals surface area contributed by atoms with E-state index in [-0.39, 0.29) is 0 Å². The SMILES string of the molecule is CC(C)(N)c1noc(COCC2CC2)n1. The molecule has 2 rings (SSSR count). The topological polar surface area (TPSA) is 74.2 Å². The van der Waals surface area contributed by atoms with Crippen molar-refractivity contribution in [2.24, 2.45) is 11.7 Å². The van der Waals surface area contributed by atoms with E-state index in [1.54, 1.807) is 0 Å². The van der Waals surface area contributed by atoms with Crippen LogP contribution in [0.4, 0.5) is 0 Å². The molecular weight excluding hydrogens is 194 g/mol. The maximum absolute atomic E-state index is 5.83. The van der Waals surface area contributed by atoms with Gasteiger partial charge in [-0.2, -0.15) is 4.98 Å². The zero-order chi connectivity index (χ0) is 10.9. The van der Waals surface area contributed by atoms with Crippen molar-refractivity contribution in [1.29, 1.82) is 0 Å². The van der Waals surface area contributed by atoms with Crippen LogP contribution < -0.4 is 5.73 Å². The van der Waals surface area contributed by atoms with Crippen LogP contribution in [0.1, 0.15) is 38.4 Å². The highest BCUT2D eigenvalue weighted by Crippen LogP contribution is 2.29. The van der Waals surface area contributed by atoms with Gasteiger partial charge in [-0.1, -0.05) is 5.16 Å². The molecule has 1 fully saturated rings. The van der Waals surface area contributed by atoms with Crippen molar-refractivity contribution >= 4 is 0 Å². The van der Waals surface area contributed by atoms with Crippen LogP contribution in [0.15, 0.2) is 4.52 Å². The van der Waals surface area contributed by atoms with E-state index in [0.29, 0.717) is 18.3 Å². The van der Waals surface area contributed by atoms with Gasteiger partial charge >= 0.3 is 0 Å². The third kappa shape index (κ3) is 3.00. The summed E-state index contributed by atoms with van der Waals surface area (Å²) in [4.78, 5) is 4.17. The van der Waals surface area contributed by atoms with Crippen LogP contribution >= 0.6 is 0 Å². The Morgan fingerprint density at radius 2 is 2.27 bits per heavy atom. The van der Waals surface area contributed by atoms with E-state index in [9.17, 15) is 0 Å². The Morgan fingerprint density at radius 1 is 1.53 bits per heavy atom. The molecule has 0 aromatic carbocycles. The molecule has 0 saturated heterocycles. The summed E-state index contributed by atoms with van der Waals surface area (Å²) in [5.74, 6) is 1.77. The second-order valence-corrected chi connectivity index (χ2v) is 4.69. The molecule has 0 radical (unpaired) electrons. The molecule has 1 saturated carbocycles. The molecule has 0 spiro atoms. The lowest BCUT2D eigenvalue weighted by Gasteiger charge is -2.11. The molecular formula is C10H17N3O2. The van der Waals surface area contributed by atoms with Gasteiger partial charge in [-0.15, -0.1) is 0 Å². The second kappa shape index (κ2) is 3.90. The molecule has 0 bridgehead atoms. The van der Waals surface area contributed by atoms with Crippen molar-refractivity contribution in [3.63, 3.8) is 0 Å². The first-order valence-corrected chi connectivity index (χ1v) is 5.25. The Labute approximate surface area is 89.0 Å². The largest absolute Gasteiger partial charge is 0.371 e. The lowest BCUT2D eigenvalue weighted by Crippen LogP contribution is -2.30. The van der Waals surface area contributed by atoms with E-state index in [1.807, 2.05) is 13.8 Å². The predicted octanol–water partition coefficient (Wildman–Crippen LogP) is 1.19. The van der Waals surface area contributed by atoms with Gasteiger partial charge in [-0.05, 0) is 32.6 Å². The quantitative estimate of drug-likeness (QED) is 0.791. The standard InChI is InChI=1S/C10H17N3O2/c1-10(2,11)9-12-8(15-13-9)6-14-5-7-3-4-7/h7H,3-6,11H2,1-2H3. The molecule has 1 aliphatic rings. The van der Waals surface area contributed by atoms with Crippen molar-refractivity contribution in [3.05, 3.63) is 11.7 Å². The van der Waals surface area contributed by atoms with Gasteiger partial charge in [-0.25, -0.2) is 0 Å². The van der Waals surface area contributed by atoms with Gasteiger partial charge in [0, 0.05) is 0 Å². The molecule has 5 nitrogen and oxygen atoms in total. The summed E-state index contributed by atoms with van der Waals surface area (Å²) in [6.07, 6.45) is 2.57. The van der Waals surface area contributed by atoms with Crippen molar-refractivity contribution in [3.8, 4) is 0 Å². The number of hydrogen-bond donors (Lipinski definition) is 1. The average Bonchev–Trinajstić information content (AvgIpc) is 2.80. The lowest BCUT2D eigenvalue weighted by atomic mass is 10.1. The third-order valence-electron chi connectivity index (χ3n) is 2.32. The zero-order valence-electron chi connectivity index (χ0n) is 9.19. The third-order valence-corrected chi connectivity index (χ3v) is 2.32. The summed E-state index contributed by atoms with van der Waals surface area (Å²) >= 11 is 0. The highest BCUT2D eigenvalue weighted by Gasteiger charge is 2.23. The summed E-state index contributed by atoms with van der Waals surface area (Å²) in [6, 6.07) is 0. The highest BCUT2D eigenvalue weighted by molar-refractivity contribution is 4.98. The molecule has 0 amide bonds. The minimum atomic E-state index is -0.557. The second-order valence-electron chi connectivity index (χ2n) is 4.69. The summed E-state index contributed by atoms with van der Waals surface area (Å²) in [5, 5.41) is 3.81. The Hall–Kier alpha value is -0.940. The molecule has 15 heavy (non-hydrogen) atoms. The van der Waals surface area contributed by atoms with Crippen LogP contribution in [0.5, 0.6) is 0 Å². The van der Waals surface area contributed by atoms with E-state index >= 15 is 0 Å². The molecule has 0 atom stereocenters. The maximum Gasteiger partial charge on any atom is 0.252 e. The molecule has 1 aromatic heterocycles. The van der Waals surface area contributed by atoms with Gasteiger partial charge in [0.2, 0.25) is 0 Å². The van der Waals surface area contributed by atoms with Gasteiger partial charge in [0.25, 0.3) is 5.89 Å². The zero-order valence-corrected chi connectivity index (χ0v) is 9.19. The fourth-order valence-electron chi connectivity index (χ4n) is 1.17. The van der Waals surface area contributed by atoms with Crippen molar-refractivity contribution in [2.45, 2.75) is 38.8 Å². The summed E-state index contributed by atoms with van der Waals surface area (Å²) in [5.41, 5.74) is 5.27. The van der Waals surface area contributed by atoms with Gasteiger partial charge in [0.15, 0.2) is 5.82 Å². The van der Waals surface area contributed by atoms with E-state index in [4.69, 9.17) is 15.0 Å². The average molecular weight is 211 g/mol. The number of aromatic nitrogens is 2. The first-order valence-electron chi connectivity index (χ1n) is 5.25. The number of nitrogens with zero attached hydrogens (tertiary/aromatic N) is 2. The molecule has 1 aliphatic carbocycles. The Balaban J connectivity index is 1.83. The van der Waals surface area contributed by atoms with E-state index in [1.165, 1.54) is 12.8 Å². The molecule has 2 N–H and O–H groups in total. The molecule has 0 aliphatic heterocycles. The Kier molecular flexibility index (Phi) is 2.75. The van der Waals surface area contributed by atoms with Crippen molar-refractivity contribution in [2.75, 3.05) is 6.61 Å². The minimum absolute atomic E-state index is 0.388. The number of rotatable bonds is 5. The van der Waals surface area contributed by atoms with Crippen LogP contribution in [0.3, 0.4) is 0 Å². The summed E-state index contributed by atoms with van der Waals surface area (Å²) in [6.45, 7) is 4.86. The van der Waals surface area contributed by atoms with Gasteiger partial charge in [-0.3, -0.25) is 0 Å². The monoisotopic (exact) mass is 211 g/mol. The fourth-order valence-corrected chi connectivity index (χ4v) is 1.17. The van der Waals surface area contributed by atoms with Crippen molar-refractivity contribution < 1.29 is 9.26 Å². The lowest BCUT2D eigenvalue weighted by molar-refractivity contribution is 0.0894. The van der Waals surface area contributed by atoms with E-state index in [0.717, 1.165) is 12.5 Å². The van der Waals surface area contributed by atoms with Gasteiger partial charge in [0.05, 0.1) is 12.1 Å². The molecule has 84 valence electrons. The molecule has 1 heterocycles. The summed E-state index contributed by atoms with van der Waals surface area (Å²) < 4.78 is 10.5. The molecule has 1 aromatic rings. The fraction of sp³-hybridized carbons (Fsp3) is 0.800.